The van der Waals surface area contributed by atoms with Gasteiger partial charge in [0, 0.05) is 24.3 Å². The molecule has 0 aliphatic rings. The summed E-state index contributed by atoms with van der Waals surface area (Å²) in [6, 6.07) is 7.96. The zero-order chi connectivity index (χ0) is 15.5. The molecule has 0 spiro atoms. The van der Waals surface area contributed by atoms with Gasteiger partial charge in [0.05, 0.1) is 0 Å². The molecule has 1 aromatic carbocycles. The Hall–Kier alpha value is -2.01. The van der Waals surface area contributed by atoms with Crippen molar-refractivity contribution in [3.05, 3.63) is 36.0 Å². The van der Waals surface area contributed by atoms with E-state index in [-0.39, 0.29) is 6.04 Å². The Morgan fingerprint density at radius 2 is 2.14 bits per heavy atom. The second-order valence-corrected chi connectivity index (χ2v) is 6.14. The number of H-pyrrole nitrogens is 1. The Labute approximate surface area is 124 Å². The molecule has 1 unspecified atom stereocenters. The molecule has 5 nitrogen and oxygen atoms in total. The number of carbonyl (C=O) groups excluding carboxylic acids is 1. The van der Waals surface area contributed by atoms with Crippen LogP contribution in [0.5, 0.6) is 0 Å². The van der Waals surface area contributed by atoms with Crippen molar-refractivity contribution in [3.8, 4) is 0 Å². The van der Waals surface area contributed by atoms with Gasteiger partial charge in [-0.05, 0) is 44.2 Å². The maximum absolute atomic E-state index is 11.8. The highest BCUT2D eigenvalue weighted by atomic mass is 16.6. The highest BCUT2D eigenvalue weighted by Crippen LogP contribution is 2.18. The molecule has 4 N–H and O–H groups in total. The van der Waals surface area contributed by atoms with E-state index >= 15 is 0 Å². The summed E-state index contributed by atoms with van der Waals surface area (Å²) in [5, 5.41) is 3.98. The molecule has 0 bridgehead atoms. The van der Waals surface area contributed by atoms with Gasteiger partial charge in [-0.3, -0.25) is 0 Å². The van der Waals surface area contributed by atoms with Crippen molar-refractivity contribution >= 4 is 17.0 Å². The largest absolute Gasteiger partial charge is 0.444 e. The van der Waals surface area contributed by atoms with Crippen molar-refractivity contribution in [2.24, 2.45) is 5.73 Å². The molecule has 0 aliphatic carbocycles. The van der Waals surface area contributed by atoms with Crippen molar-refractivity contribution in [2.45, 2.75) is 38.8 Å². The third-order valence-electron chi connectivity index (χ3n) is 3.15. The number of aromatic nitrogens is 1. The summed E-state index contributed by atoms with van der Waals surface area (Å²) in [6.45, 7) is 5.87. The number of aromatic amines is 1. The normalized spacial score (nSPS) is 13.1. The predicted molar refractivity (Wildman–Crippen MR) is 84.2 cm³/mol. The first-order chi connectivity index (χ1) is 9.89. The van der Waals surface area contributed by atoms with Crippen molar-refractivity contribution in [1.29, 1.82) is 0 Å². The van der Waals surface area contributed by atoms with Crippen molar-refractivity contribution in [2.75, 3.05) is 6.54 Å². The van der Waals surface area contributed by atoms with Crippen molar-refractivity contribution in [3.63, 3.8) is 0 Å². The second-order valence-electron chi connectivity index (χ2n) is 6.14. The number of amides is 1. The zero-order valence-electron chi connectivity index (χ0n) is 12.8. The molecule has 21 heavy (non-hydrogen) atoms. The zero-order valence-corrected chi connectivity index (χ0v) is 12.8. The number of fused-ring (bicyclic) bond motifs is 1. The first kappa shape index (κ1) is 15.4. The van der Waals surface area contributed by atoms with E-state index in [1.54, 1.807) is 0 Å². The van der Waals surface area contributed by atoms with Gasteiger partial charge in [-0.15, -0.1) is 0 Å². The van der Waals surface area contributed by atoms with Crippen molar-refractivity contribution < 1.29 is 9.53 Å². The number of para-hydroxylation sites is 1. The Kier molecular flexibility index (Phi) is 4.53. The Morgan fingerprint density at radius 3 is 2.81 bits per heavy atom. The molecule has 5 heteroatoms. The van der Waals surface area contributed by atoms with Crippen LogP contribution >= 0.6 is 0 Å². The average Bonchev–Trinajstić information content (AvgIpc) is 2.84. The van der Waals surface area contributed by atoms with Gasteiger partial charge < -0.3 is 20.8 Å². The number of ether oxygens (including phenoxy) is 1. The summed E-state index contributed by atoms with van der Waals surface area (Å²) in [4.78, 5) is 15.1. The minimum absolute atomic E-state index is 0.159. The highest BCUT2D eigenvalue weighted by molar-refractivity contribution is 5.82. The van der Waals surface area contributed by atoms with Crippen LogP contribution in [-0.2, 0) is 11.2 Å². The van der Waals surface area contributed by atoms with E-state index in [1.165, 1.54) is 0 Å². The van der Waals surface area contributed by atoms with E-state index in [2.05, 4.69) is 10.3 Å². The molecule has 1 aromatic heterocycles. The number of benzene rings is 1. The van der Waals surface area contributed by atoms with Gasteiger partial charge in [0.25, 0.3) is 0 Å². The maximum Gasteiger partial charge on any atom is 0.407 e. The van der Waals surface area contributed by atoms with E-state index in [4.69, 9.17) is 10.5 Å². The molecule has 0 fully saturated rings. The number of hydrogen-bond donors (Lipinski definition) is 3. The Morgan fingerprint density at radius 1 is 1.38 bits per heavy atom. The van der Waals surface area contributed by atoms with Gasteiger partial charge >= 0.3 is 6.09 Å². The lowest BCUT2D eigenvalue weighted by molar-refractivity contribution is 0.0506. The molecule has 2 rings (SSSR count). The lowest BCUT2D eigenvalue weighted by Crippen LogP contribution is -2.44. The fourth-order valence-electron chi connectivity index (χ4n) is 2.25. The quantitative estimate of drug-likeness (QED) is 0.809. The molecule has 0 aliphatic heterocycles. The standard InChI is InChI=1S/C16H23N3O2/c1-16(2,3)21-15(20)19-13(10-17)9-12-6-4-5-11-7-8-18-14(11)12/h4-8,13,18H,9-10,17H2,1-3H3,(H,19,20). The van der Waals surface area contributed by atoms with Gasteiger partial charge in [-0.25, -0.2) is 4.79 Å². The van der Waals surface area contributed by atoms with Crippen LogP contribution in [0.1, 0.15) is 26.3 Å². The molecule has 114 valence electrons. The first-order valence-electron chi connectivity index (χ1n) is 7.13. The van der Waals surface area contributed by atoms with Crippen LogP contribution in [0.25, 0.3) is 10.9 Å². The molecule has 1 atom stereocenters. The Balaban J connectivity index is 2.05. The van der Waals surface area contributed by atoms with Gasteiger partial charge in [0.15, 0.2) is 0 Å². The molecular weight excluding hydrogens is 266 g/mol. The third-order valence-corrected chi connectivity index (χ3v) is 3.15. The van der Waals surface area contributed by atoms with Crippen LogP contribution in [0, 0.1) is 0 Å². The van der Waals surface area contributed by atoms with E-state index in [9.17, 15) is 4.79 Å². The monoisotopic (exact) mass is 289 g/mol. The predicted octanol–water partition coefficient (Wildman–Crippen LogP) is 2.56. The summed E-state index contributed by atoms with van der Waals surface area (Å²) in [5.74, 6) is 0. The number of hydrogen-bond acceptors (Lipinski definition) is 3. The van der Waals surface area contributed by atoms with Crippen molar-refractivity contribution in [1.82, 2.24) is 10.3 Å². The lowest BCUT2D eigenvalue weighted by atomic mass is 10.0. The van der Waals surface area contributed by atoms with Crippen LogP contribution < -0.4 is 11.1 Å². The molecule has 1 amide bonds. The SMILES string of the molecule is CC(C)(C)OC(=O)NC(CN)Cc1cccc2cc[nH]c12. The van der Waals surface area contributed by atoms with Crippen LogP contribution in [0.3, 0.4) is 0 Å². The van der Waals surface area contributed by atoms with Crippen LogP contribution in [0.15, 0.2) is 30.5 Å². The summed E-state index contributed by atoms with van der Waals surface area (Å²) in [5.41, 5.74) is 7.47. The first-order valence-corrected chi connectivity index (χ1v) is 7.13. The number of rotatable bonds is 4. The number of carbonyl (C=O) groups is 1. The van der Waals surface area contributed by atoms with E-state index in [0.717, 1.165) is 16.5 Å². The van der Waals surface area contributed by atoms with E-state index in [0.29, 0.717) is 13.0 Å². The second kappa shape index (κ2) is 6.18. The molecule has 0 saturated heterocycles. The van der Waals surface area contributed by atoms with E-state index in [1.807, 2.05) is 51.2 Å². The smallest absolute Gasteiger partial charge is 0.407 e. The fraction of sp³-hybridized carbons (Fsp3) is 0.438. The van der Waals surface area contributed by atoms with Crippen LogP contribution in [-0.4, -0.2) is 29.3 Å². The molecule has 2 aromatic rings. The van der Waals surface area contributed by atoms with Gasteiger partial charge in [-0.2, -0.15) is 0 Å². The summed E-state index contributed by atoms with van der Waals surface area (Å²) < 4.78 is 5.27. The maximum atomic E-state index is 11.8. The topological polar surface area (TPSA) is 80.1 Å². The number of alkyl carbamates (subject to hydrolysis) is 1. The number of nitrogens with one attached hydrogen (secondary N) is 2. The fourth-order valence-corrected chi connectivity index (χ4v) is 2.25. The Bertz CT molecular complexity index is 613. The van der Waals surface area contributed by atoms with Gasteiger partial charge in [0.1, 0.15) is 5.60 Å². The minimum Gasteiger partial charge on any atom is -0.444 e. The van der Waals surface area contributed by atoms with Gasteiger partial charge in [0.2, 0.25) is 0 Å². The summed E-state index contributed by atoms with van der Waals surface area (Å²) in [6.07, 6.45) is 2.14. The van der Waals surface area contributed by atoms with Crippen LogP contribution in [0.2, 0.25) is 0 Å². The third kappa shape index (κ3) is 4.23. The lowest BCUT2D eigenvalue weighted by Gasteiger charge is -2.23. The summed E-state index contributed by atoms with van der Waals surface area (Å²) in [7, 11) is 0. The molecule has 0 saturated carbocycles. The minimum atomic E-state index is -0.511. The highest BCUT2D eigenvalue weighted by Gasteiger charge is 2.19. The molecular formula is C16H23N3O2. The molecule has 1 heterocycles. The summed E-state index contributed by atoms with van der Waals surface area (Å²) >= 11 is 0. The number of nitrogens with two attached hydrogens (primary N) is 1. The van der Waals surface area contributed by atoms with Gasteiger partial charge in [-0.1, -0.05) is 18.2 Å². The van der Waals surface area contributed by atoms with Crippen LogP contribution in [0.4, 0.5) is 4.79 Å². The average molecular weight is 289 g/mol. The van der Waals surface area contributed by atoms with E-state index < -0.39 is 11.7 Å². The molecule has 0 radical (unpaired) electrons.